The molecule has 0 saturated carbocycles. The number of carbonyl (C=O) groups is 2. The lowest BCUT2D eigenvalue weighted by atomic mass is 10.1. The van der Waals surface area contributed by atoms with E-state index in [1.165, 1.54) is 31.4 Å². The van der Waals surface area contributed by atoms with Crippen LogP contribution in [0.1, 0.15) is 21.5 Å². The number of rotatable bonds is 7. The summed E-state index contributed by atoms with van der Waals surface area (Å²) >= 11 is 12.0. The summed E-state index contributed by atoms with van der Waals surface area (Å²) in [5.74, 6) is -1.08. The van der Waals surface area contributed by atoms with Crippen LogP contribution in [0.15, 0.2) is 60.2 Å². The van der Waals surface area contributed by atoms with E-state index in [9.17, 15) is 25.0 Å². The molecule has 0 radical (unpaired) electrons. The first-order valence-electron chi connectivity index (χ1n) is 10.2. The lowest BCUT2D eigenvalue weighted by Crippen LogP contribution is -2.14. The van der Waals surface area contributed by atoms with Gasteiger partial charge in [-0.2, -0.15) is 5.26 Å². The maximum absolute atomic E-state index is 12.7. The first kappa shape index (κ1) is 26.2. The number of non-ortho nitro benzene ring substituents is 1. The van der Waals surface area contributed by atoms with E-state index >= 15 is 0 Å². The highest BCUT2D eigenvalue weighted by atomic mass is 35.5. The van der Waals surface area contributed by atoms with Gasteiger partial charge < -0.3 is 14.8 Å². The topological polar surface area (TPSA) is 132 Å². The molecule has 0 aliphatic rings. The Morgan fingerprint density at radius 3 is 2.25 bits per heavy atom. The quantitative estimate of drug-likeness (QED) is 0.1000. The van der Waals surface area contributed by atoms with Crippen molar-refractivity contribution < 1.29 is 24.0 Å². The van der Waals surface area contributed by atoms with Gasteiger partial charge >= 0.3 is 5.97 Å². The summed E-state index contributed by atoms with van der Waals surface area (Å²) in [7, 11) is 1.38. The number of nitrogens with one attached hydrogen (secondary N) is 1. The third kappa shape index (κ3) is 6.18. The molecule has 3 rings (SSSR count). The Morgan fingerprint density at radius 2 is 1.69 bits per heavy atom. The van der Waals surface area contributed by atoms with E-state index in [0.717, 1.165) is 17.7 Å². The lowest BCUT2D eigenvalue weighted by Gasteiger charge is -2.11. The molecule has 0 aliphatic carbocycles. The minimum absolute atomic E-state index is 0.0778. The Hall–Kier alpha value is -4.39. The zero-order valence-corrected chi connectivity index (χ0v) is 20.4. The Kier molecular flexibility index (Phi) is 8.27. The number of methoxy groups -OCH3 is 1. The van der Waals surface area contributed by atoms with E-state index in [1.807, 2.05) is 6.92 Å². The number of amides is 1. The van der Waals surface area contributed by atoms with E-state index in [1.54, 1.807) is 30.3 Å². The van der Waals surface area contributed by atoms with Crippen LogP contribution in [0.25, 0.3) is 6.08 Å². The van der Waals surface area contributed by atoms with Crippen molar-refractivity contribution in [3.8, 4) is 17.6 Å². The summed E-state index contributed by atoms with van der Waals surface area (Å²) in [5.41, 5.74) is 1.01. The van der Waals surface area contributed by atoms with E-state index < -0.39 is 16.8 Å². The number of aryl methyl sites for hydroxylation is 1. The maximum Gasteiger partial charge on any atom is 0.343 e. The van der Waals surface area contributed by atoms with Crippen molar-refractivity contribution in [2.75, 3.05) is 12.4 Å². The molecule has 182 valence electrons. The standard InChI is InChI=1S/C25H17Cl2N3O6/c1-14-3-6-16(7-4-14)25(32)36-21-8-5-15(10-22(21)35-2)9-17(13-28)24(31)29-23-19(26)11-18(30(33)34)12-20(23)27/h3-12H,1-2H3,(H,29,31)/b17-9+. The van der Waals surface area contributed by atoms with Crippen molar-refractivity contribution in [1.29, 1.82) is 5.26 Å². The Bertz CT molecular complexity index is 1410. The van der Waals surface area contributed by atoms with E-state index in [-0.39, 0.29) is 38.5 Å². The molecule has 0 fully saturated rings. The number of halogens is 2. The average molecular weight is 526 g/mol. The number of nitro groups is 1. The number of esters is 1. The molecule has 0 saturated heterocycles. The SMILES string of the molecule is COc1cc(/C=C(\C#N)C(=O)Nc2c(Cl)cc([N+](=O)[O-])cc2Cl)ccc1OC(=O)c1ccc(C)cc1. The monoisotopic (exact) mass is 525 g/mol. The number of hydrogen-bond donors (Lipinski definition) is 1. The van der Waals surface area contributed by atoms with E-state index in [2.05, 4.69) is 5.32 Å². The van der Waals surface area contributed by atoms with Crippen molar-refractivity contribution in [2.45, 2.75) is 6.92 Å². The molecular weight excluding hydrogens is 509 g/mol. The van der Waals surface area contributed by atoms with Gasteiger partial charge in [0, 0.05) is 12.1 Å². The summed E-state index contributed by atoms with van der Waals surface area (Å²) in [6.45, 7) is 1.90. The predicted molar refractivity (Wildman–Crippen MR) is 134 cm³/mol. The largest absolute Gasteiger partial charge is 0.493 e. The van der Waals surface area contributed by atoms with Gasteiger partial charge in [-0.05, 0) is 42.8 Å². The normalized spacial score (nSPS) is 10.8. The molecule has 3 aromatic rings. The second-order valence-corrected chi connectivity index (χ2v) is 8.15. The molecule has 0 atom stereocenters. The Morgan fingerprint density at radius 1 is 1.06 bits per heavy atom. The Balaban J connectivity index is 1.83. The molecule has 0 spiro atoms. The molecule has 3 aromatic carbocycles. The molecule has 1 N–H and O–H groups in total. The van der Waals surface area contributed by atoms with Crippen LogP contribution in [0.2, 0.25) is 10.0 Å². The highest BCUT2D eigenvalue weighted by molar-refractivity contribution is 6.40. The van der Waals surface area contributed by atoms with Gasteiger partial charge in [0.2, 0.25) is 0 Å². The molecule has 11 heteroatoms. The van der Waals surface area contributed by atoms with E-state index in [0.29, 0.717) is 11.1 Å². The van der Waals surface area contributed by atoms with E-state index in [4.69, 9.17) is 32.7 Å². The van der Waals surface area contributed by atoms with Crippen molar-refractivity contribution in [3.05, 3.63) is 97.0 Å². The first-order chi connectivity index (χ1) is 17.1. The third-order valence-corrected chi connectivity index (χ3v) is 5.43. The Labute approximate surface area is 215 Å². The van der Waals surface area contributed by atoms with Crippen LogP contribution in [-0.2, 0) is 4.79 Å². The molecule has 0 aromatic heterocycles. The van der Waals surface area contributed by atoms with Crippen molar-refractivity contribution in [2.24, 2.45) is 0 Å². The van der Waals surface area contributed by atoms with Gasteiger partial charge in [-0.15, -0.1) is 0 Å². The van der Waals surface area contributed by atoms with Gasteiger partial charge in [0.05, 0.1) is 33.3 Å². The fraction of sp³-hybridized carbons (Fsp3) is 0.0800. The zero-order valence-electron chi connectivity index (χ0n) is 18.9. The predicted octanol–water partition coefficient (Wildman–Crippen LogP) is 5.98. The van der Waals surface area contributed by atoms with Crippen LogP contribution in [0.5, 0.6) is 11.5 Å². The molecule has 1 amide bonds. The van der Waals surface area contributed by atoms with Gasteiger partial charge in [-0.1, -0.05) is 47.0 Å². The number of nitriles is 1. The van der Waals surface area contributed by atoms with Crippen LogP contribution < -0.4 is 14.8 Å². The molecule has 0 bridgehead atoms. The summed E-state index contributed by atoms with van der Waals surface area (Å²) in [6, 6.07) is 15.2. The summed E-state index contributed by atoms with van der Waals surface area (Å²) in [6.07, 6.45) is 1.27. The smallest absolute Gasteiger partial charge is 0.343 e. The minimum Gasteiger partial charge on any atom is -0.493 e. The molecule has 0 unspecified atom stereocenters. The van der Waals surface area contributed by atoms with Crippen LogP contribution >= 0.6 is 23.2 Å². The van der Waals surface area contributed by atoms with Gasteiger partial charge in [0.1, 0.15) is 11.6 Å². The van der Waals surface area contributed by atoms with Crippen LogP contribution in [0.4, 0.5) is 11.4 Å². The number of nitrogens with zero attached hydrogens (tertiary/aromatic N) is 2. The average Bonchev–Trinajstić information content (AvgIpc) is 2.85. The molecule has 0 aliphatic heterocycles. The highest BCUT2D eigenvalue weighted by Gasteiger charge is 2.19. The second kappa shape index (κ2) is 11.4. The van der Waals surface area contributed by atoms with Crippen molar-refractivity contribution >= 4 is 52.5 Å². The van der Waals surface area contributed by atoms with Gasteiger partial charge in [0.15, 0.2) is 11.5 Å². The fourth-order valence-electron chi connectivity index (χ4n) is 2.99. The third-order valence-electron chi connectivity index (χ3n) is 4.83. The summed E-state index contributed by atoms with van der Waals surface area (Å²) in [4.78, 5) is 35.3. The van der Waals surface area contributed by atoms with Crippen LogP contribution in [0.3, 0.4) is 0 Å². The first-order valence-corrected chi connectivity index (χ1v) is 10.9. The summed E-state index contributed by atoms with van der Waals surface area (Å²) < 4.78 is 10.7. The van der Waals surface area contributed by atoms with Crippen molar-refractivity contribution in [3.63, 3.8) is 0 Å². The number of hydrogen-bond acceptors (Lipinski definition) is 7. The number of ether oxygens (including phenoxy) is 2. The molecular formula is C25H17Cl2N3O6. The number of carbonyl (C=O) groups excluding carboxylic acids is 2. The minimum atomic E-state index is -0.844. The summed E-state index contributed by atoms with van der Waals surface area (Å²) in [5, 5.41) is 22.5. The zero-order chi connectivity index (χ0) is 26.4. The van der Waals surface area contributed by atoms with Gasteiger partial charge in [0.25, 0.3) is 11.6 Å². The molecule has 0 heterocycles. The number of benzene rings is 3. The second-order valence-electron chi connectivity index (χ2n) is 7.33. The number of nitro benzene ring substituents is 1. The van der Waals surface area contributed by atoms with Crippen molar-refractivity contribution in [1.82, 2.24) is 0 Å². The van der Waals surface area contributed by atoms with Gasteiger partial charge in [-0.3, -0.25) is 14.9 Å². The van der Waals surface area contributed by atoms with Crippen LogP contribution in [0, 0.1) is 28.4 Å². The van der Waals surface area contributed by atoms with Gasteiger partial charge in [-0.25, -0.2) is 4.79 Å². The molecule has 9 nitrogen and oxygen atoms in total. The fourth-order valence-corrected chi connectivity index (χ4v) is 3.56. The maximum atomic E-state index is 12.7. The number of anilines is 1. The lowest BCUT2D eigenvalue weighted by molar-refractivity contribution is -0.384. The van der Waals surface area contributed by atoms with Crippen LogP contribution in [-0.4, -0.2) is 23.9 Å². The highest BCUT2D eigenvalue weighted by Crippen LogP contribution is 2.35. The molecule has 36 heavy (non-hydrogen) atoms.